The van der Waals surface area contributed by atoms with Gasteiger partial charge in [0.15, 0.2) is 0 Å². The van der Waals surface area contributed by atoms with Gasteiger partial charge in [0, 0.05) is 18.0 Å². The van der Waals surface area contributed by atoms with Crippen LogP contribution in [0.3, 0.4) is 0 Å². The van der Waals surface area contributed by atoms with E-state index in [1.807, 2.05) is 14.0 Å². The molecule has 1 aromatic carbocycles. The Morgan fingerprint density at radius 1 is 1.40 bits per heavy atom. The fraction of sp³-hybridized carbons (Fsp3) is 0.467. The number of rotatable bonds is 6. The largest absolute Gasteiger partial charge is 0.339 e. The van der Waals surface area contributed by atoms with E-state index in [1.165, 1.54) is 12.1 Å². The number of nitrogens with zero attached hydrogens (tertiary/aromatic N) is 2. The molecule has 0 fully saturated rings. The molecule has 0 saturated carbocycles. The van der Waals surface area contributed by atoms with Crippen molar-refractivity contribution < 1.29 is 8.91 Å². The highest BCUT2D eigenvalue weighted by atomic mass is 19.1. The molecule has 0 aliphatic carbocycles. The minimum Gasteiger partial charge on any atom is -0.339 e. The summed E-state index contributed by atoms with van der Waals surface area (Å²) >= 11 is 0. The zero-order valence-electron chi connectivity index (χ0n) is 12.1. The van der Waals surface area contributed by atoms with Gasteiger partial charge in [-0.05, 0) is 38.1 Å². The minimum absolute atomic E-state index is 0.295. The van der Waals surface area contributed by atoms with Gasteiger partial charge in [-0.3, -0.25) is 0 Å². The van der Waals surface area contributed by atoms with Crippen LogP contribution in [0.5, 0.6) is 0 Å². The molecular formula is C15H20FN3O. The van der Waals surface area contributed by atoms with Crippen LogP contribution in [0, 0.1) is 12.7 Å². The summed E-state index contributed by atoms with van der Waals surface area (Å²) in [4.78, 5) is 4.37. The molecule has 0 aliphatic heterocycles. The van der Waals surface area contributed by atoms with Gasteiger partial charge >= 0.3 is 0 Å². The Bertz CT molecular complexity index is 568. The van der Waals surface area contributed by atoms with Crippen LogP contribution in [0.15, 0.2) is 22.7 Å². The van der Waals surface area contributed by atoms with Crippen LogP contribution in [-0.4, -0.2) is 23.2 Å². The molecule has 0 radical (unpaired) electrons. The van der Waals surface area contributed by atoms with E-state index in [0.717, 1.165) is 18.4 Å². The normalized spacial score (nSPS) is 12.6. The quantitative estimate of drug-likeness (QED) is 0.881. The summed E-state index contributed by atoms with van der Waals surface area (Å²) in [6, 6.07) is 4.90. The molecule has 2 rings (SSSR count). The molecule has 0 saturated heterocycles. The van der Waals surface area contributed by atoms with Gasteiger partial charge in [-0.25, -0.2) is 4.39 Å². The lowest BCUT2D eigenvalue weighted by Gasteiger charge is -2.11. The molecule has 4 nitrogen and oxygen atoms in total. The van der Waals surface area contributed by atoms with E-state index in [4.69, 9.17) is 4.52 Å². The Hall–Kier alpha value is -1.75. The van der Waals surface area contributed by atoms with Crippen molar-refractivity contribution in [2.75, 3.05) is 7.05 Å². The van der Waals surface area contributed by atoms with Gasteiger partial charge in [0.1, 0.15) is 5.82 Å². The highest BCUT2D eigenvalue weighted by molar-refractivity contribution is 5.59. The minimum atomic E-state index is -0.295. The zero-order valence-corrected chi connectivity index (χ0v) is 12.1. The van der Waals surface area contributed by atoms with E-state index in [9.17, 15) is 4.39 Å². The van der Waals surface area contributed by atoms with E-state index < -0.39 is 0 Å². The zero-order chi connectivity index (χ0) is 14.5. The molecule has 0 bridgehead atoms. The van der Waals surface area contributed by atoms with Gasteiger partial charge < -0.3 is 9.84 Å². The average Bonchev–Trinajstić information content (AvgIpc) is 2.89. The molecule has 0 aliphatic rings. The molecule has 1 atom stereocenters. The second-order valence-corrected chi connectivity index (χ2v) is 4.95. The van der Waals surface area contributed by atoms with E-state index in [0.29, 0.717) is 29.7 Å². The van der Waals surface area contributed by atoms with Crippen LogP contribution >= 0.6 is 0 Å². The second-order valence-electron chi connectivity index (χ2n) is 4.95. The maximum atomic E-state index is 13.3. The predicted octanol–water partition coefficient (Wildman–Crippen LogP) is 3.11. The van der Waals surface area contributed by atoms with Crippen molar-refractivity contribution in [3.05, 3.63) is 35.5 Å². The van der Waals surface area contributed by atoms with Crippen molar-refractivity contribution in [2.24, 2.45) is 0 Å². The van der Waals surface area contributed by atoms with E-state index in [-0.39, 0.29) is 5.82 Å². The first kappa shape index (κ1) is 14.7. The number of likely N-dealkylation sites (N-methyl/N-ethyl adjacent to an activating group) is 1. The first-order valence-corrected chi connectivity index (χ1v) is 6.90. The molecule has 1 aromatic heterocycles. The highest BCUT2D eigenvalue weighted by Gasteiger charge is 2.15. The average molecular weight is 277 g/mol. The van der Waals surface area contributed by atoms with Crippen LogP contribution in [-0.2, 0) is 6.42 Å². The van der Waals surface area contributed by atoms with Crippen LogP contribution < -0.4 is 5.32 Å². The summed E-state index contributed by atoms with van der Waals surface area (Å²) < 4.78 is 18.6. The monoisotopic (exact) mass is 277 g/mol. The fourth-order valence-corrected chi connectivity index (χ4v) is 2.19. The lowest BCUT2D eigenvalue weighted by Crippen LogP contribution is -2.27. The van der Waals surface area contributed by atoms with Crippen molar-refractivity contribution in [3.63, 3.8) is 0 Å². The number of halogens is 1. The number of aromatic nitrogens is 2. The summed E-state index contributed by atoms with van der Waals surface area (Å²) in [6.07, 6.45) is 2.83. The van der Waals surface area contributed by atoms with Crippen LogP contribution in [0.2, 0.25) is 0 Å². The molecule has 1 unspecified atom stereocenters. The van der Waals surface area contributed by atoms with Gasteiger partial charge in [-0.2, -0.15) is 4.98 Å². The van der Waals surface area contributed by atoms with Gasteiger partial charge in [-0.15, -0.1) is 0 Å². The van der Waals surface area contributed by atoms with Gasteiger partial charge in [0.2, 0.25) is 11.7 Å². The maximum Gasteiger partial charge on any atom is 0.228 e. The SMILES string of the molecule is CCCC(Cc1nc(-c2cc(F)ccc2C)no1)NC. The van der Waals surface area contributed by atoms with Crippen LogP contribution in [0.25, 0.3) is 11.4 Å². The summed E-state index contributed by atoms with van der Waals surface area (Å²) in [7, 11) is 1.92. The smallest absolute Gasteiger partial charge is 0.228 e. The molecule has 5 heteroatoms. The molecule has 108 valence electrons. The number of hydrogen-bond acceptors (Lipinski definition) is 4. The first-order valence-electron chi connectivity index (χ1n) is 6.90. The molecule has 1 heterocycles. The third-order valence-corrected chi connectivity index (χ3v) is 3.38. The van der Waals surface area contributed by atoms with Crippen molar-refractivity contribution in [2.45, 2.75) is 39.2 Å². The third kappa shape index (κ3) is 3.42. The van der Waals surface area contributed by atoms with Crippen LogP contribution in [0.4, 0.5) is 4.39 Å². The summed E-state index contributed by atoms with van der Waals surface area (Å²) in [5.74, 6) is 0.732. The van der Waals surface area contributed by atoms with Gasteiger partial charge in [0.25, 0.3) is 0 Å². The van der Waals surface area contributed by atoms with Crippen molar-refractivity contribution in [1.29, 1.82) is 0 Å². The Balaban J connectivity index is 2.18. The third-order valence-electron chi connectivity index (χ3n) is 3.38. The first-order chi connectivity index (χ1) is 9.63. The lowest BCUT2D eigenvalue weighted by molar-refractivity contribution is 0.356. The standard InChI is InChI=1S/C15H20FN3O/c1-4-5-12(17-3)9-14-18-15(19-20-14)13-8-11(16)7-6-10(13)2/h6-8,12,17H,4-5,9H2,1-3H3. The maximum absolute atomic E-state index is 13.3. The van der Waals surface area contributed by atoms with E-state index in [1.54, 1.807) is 6.07 Å². The Morgan fingerprint density at radius 2 is 2.20 bits per heavy atom. The van der Waals surface area contributed by atoms with E-state index >= 15 is 0 Å². The number of benzene rings is 1. The van der Waals surface area contributed by atoms with E-state index in [2.05, 4.69) is 22.4 Å². The summed E-state index contributed by atoms with van der Waals surface area (Å²) in [6.45, 7) is 4.04. The number of hydrogen-bond donors (Lipinski definition) is 1. The summed E-state index contributed by atoms with van der Waals surface area (Å²) in [5, 5.41) is 7.19. The van der Waals surface area contributed by atoms with Gasteiger partial charge in [-0.1, -0.05) is 24.6 Å². The fourth-order valence-electron chi connectivity index (χ4n) is 2.19. The lowest BCUT2D eigenvalue weighted by atomic mass is 10.1. The Morgan fingerprint density at radius 3 is 2.90 bits per heavy atom. The molecular weight excluding hydrogens is 257 g/mol. The van der Waals surface area contributed by atoms with Gasteiger partial charge in [0.05, 0.1) is 0 Å². The molecule has 0 spiro atoms. The molecule has 20 heavy (non-hydrogen) atoms. The highest BCUT2D eigenvalue weighted by Crippen LogP contribution is 2.22. The molecule has 2 aromatic rings. The topological polar surface area (TPSA) is 51.0 Å². The van der Waals surface area contributed by atoms with Crippen molar-refractivity contribution >= 4 is 0 Å². The van der Waals surface area contributed by atoms with Crippen molar-refractivity contribution in [3.8, 4) is 11.4 Å². The Kier molecular flexibility index (Phi) is 4.84. The van der Waals surface area contributed by atoms with Crippen molar-refractivity contribution in [1.82, 2.24) is 15.5 Å². The second kappa shape index (κ2) is 6.61. The van der Waals surface area contributed by atoms with Crippen LogP contribution in [0.1, 0.15) is 31.2 Å². The number of nitrogens with one attached hydrogen (secondary N) is 1. The summed E-state index contributed by atoms with van der Waals surface area (Å²) in [5.41, 5.74) is 1.61. The number of aryl methyl sites for hydroxylation is 1. The molecule has 1 N–H and O–H groups in total. The molecule has 0 amide bonds. The Labute approximate surface area is 118 Å². The predicted molar refractivity (Wildman–Crippen MR) is 75.9 cm³/mol.